The Bertz CT molecular complexity index is 539. The summed E-state index contributed by atoms with van der Waals surface area (Å²) in [5, 5.41) is 3.66. The minimum atomic E-state index is 0.0344. The molecule has 0 bridgehead atoms. The SMILES string of the molecule is Cc1ccc(Cl)cc1Nc1nc(Cl)nc(Cl)n1. The van der Waals surface area contributed by atoms with Gasteiger partial charge < -0.3 is 5.32 Å². The number of hydrogen-bond acceptors (Lipinski definition) is 4. The first kappa shape index (κ1) is 12.4. The molecule has 0 amide bonds. The normalized spacial score (nSPS) is 10.4. The van der Waals surface area contributed by atoms with Gasteiger partial charge in [0.05, 0.1) is 0 Å². The Morgan fingerprint density at radius 1 is 1.00 bits per heavy atom. The second kappa shape index (κ2) is 5.04. The van der Waals surface area contributed by atoms with Crippen LogP contribution in [0.15, 0.2) is 18.2 Å². The van der Waals surface area contributed by atoms with Crippen LogP contribution in [0.5, 0.6) is 0 Å². The molecule has 1 aromatic carbocycles. The number of nitrogens with zero attached hydrogens (tertiary/aromatic N) is 3. The number of hydrogen-bond donors (Lipinski definition) is 1. The van der Waals surface area contributed by atoms with Crippen LogP contribution in [0, 0.1) is 6.92 Å². The first-order valence-electron chi connectivity index (χ1n) is 4.65. The van der Waals surface area contributed by atoms with E-state index in [1.54, 1.807) is 12.1 Å². The number of halogens is 3. The summed E-state index contributed by atoms with van der Waals surface area (Å²) in [7, 11) is 0. The number of anilines is 2. The lowest BCUT2D eigenvalue weighted by Gasteiger charge is -2.08. The Morgan fingerprint density at radius 2 is 1.65 bits per heavy atom. The third-order valence-electron chi connectivity index (χ3n) is 2.03. The van der Waals surface area contributed by atoms with Gasteiger partial charge in [-0.25, -0.2) is 0 Å². The smallest absolute Gasteiger partial charge is 0.232 e. The number of aromatic nitrogens is 3. The molecule has 7 heteroatoms. The lowest BCUT2D eigenvalue weighted by Crippen LogP contribution is -2.00. The topological polar surface area (TPSA) is 50.7 Å². The number of nitrogens with one attached hydrogen (secondary N) is 1. The first-order chi connectivity index (χ1) is 8.04. The van der Waals surface area contributed by atoms with E-state index in [1.165, 1.54) is 0 Å². The maximum absolute atomic E-state index is 5.90. The fraction of sp³-hybridized carbons (Fsp3) is 0.100. The van der Waals surface area contributed by atoms with Crippen molar-refractivity contribution in [1.82, 2.24) is 15.0 Å². The Kier molecular flexibility index (Phi) is 3.66. The molecule has 88 valence electrons. The average molecular weight is 290 g/mol. The van der Waals surface area contributed by atoms with E-state index in [4.69, 9.17) is 34.8 Å². The fourth-order valence-corrected chi connectivity index (χ4v) is 1.77. The van der Waals surface area contributed by atoms with E-state index >= 15 is 0 Å². The summed E-state index contributed by atoms with van der Waals surface area (Å²) in [6.07, 6.45) is 0. The van der Waals surface area contributed by atoms with E-state index < -0.39 is 0 Å². The molecule has 0 atom stereocenters. The Morgan fingerprint density at radius 3 is 2.29 bits per heavy atom. The van der Waals surface area contributed by atoms with Crippen LogP contribution < -0.4 is 5.32 Å². The third-order valence-corrected chi connectivity index (χ3v) is 2.60. The van der Waals surface area contributed by atoms with Crippen molar-refractivity contribution in [1.29, 1.82) is 0 Å². The van der Waals surface area contributed by atoms with Gasteiger partial charge in [-0.3, -0.25) is 0 Å². The summed E-state index contributed by atoms with van der Waals surface area (Å²) in [4.78, 5) is 11.5. The predicted octanol–water partition coefficient (Wildman–Crippen LogP) is 3.88. The van der Waals surface area contributed by atoms with Crippen LogP contribution in [-0.2, 0) is 0 Å². The summed E-state index contributed by atoms with van der Waals surface area (Å²) in [6.45, 7) is 1.93. The minimum Gasteiger partial charge on any atom is -0.324 e. The maximum Gasteiger partial charge on any atom is 0.232 e. The second-order valence-corrected chi connectivity index (χ2v) is 4.39. The molecule has 2 rings (SSSR count). The molecule has 1 aromatic heterocycles. The summed E-state index contributed by atoms with van der Waals surface area (Å²) in [5.41, 5.74) is 1.79. The molecule has 0 aliphatic rings. The molecule has 1 heterocycles. The van der Waals surface area contributed by atoms with E-state index in [0.29, 0.717) is 5.02 Å². The molecule has 0 saturated carbocycles. The van der Waals surface area contributed by atoms with Gasteiger partial charge in [0, 0.05) is 10.7 Å². The van der Waals surface area contributed by atoms with Gasteiger partial charge in [0.25, 0.3) is 0 Å². The third kappa shape index (κ3) is 3.19. The highest BCUT2D eigenvalue weighted by molar-refractivity contribution is 6.31. The first-order valence-corrected chi connectivity index (χ1v) is 5.78. The van der Waals surface area contributed by atoms with Crippen LogP contribution in [-0.4, -0.2) is 15.0 Å². The van der Waals surface area contributed by atoms with Gasteiger partial charge in [-0.2, -0.15) is 15.0 Å². The fourth-order valence-electron chi connectivity index (χ4n) is 1.23. The van der Waals surface area contributed by atoms with Gasteiger partial charge in [-0.15, -0.1) is 0 Å². The van der Waals surface area contributed by atoms with Gasteiger partial charge in [-0.1, -0.05) is 17.7 Å². The van der Waals surface area contributed by atoms with Crippen LogP contribution in [0.25, 0.3) is 0 Å². The van der Waals surface area contributed by atoms with Crippen molar-refractivity contribution in [2.24, 2.45) is 0 Å². The molecule has 0 aliphatic heterocycles. The molecule has 4 nitrogen and oxygen atoms in total. The molecule has 0 fully saturated rings. The maximum atomic E-state index is 5.90. The Balaban J connectivity index is 2.34. The van der Waals surface area contributed by atoms with Crippen LogP contribution in [0.3, 0.4) is 0 Å². The molecule has 0 saturated heterocycles. The van der Waals surface area contributed by atoms with Gasteiger partial charge in [0.1, 0.15) is 0 Å². The van der Waals surface area contributed by atoms with E-state index in [-0.39, 0.29) is 16.5 Å². The Hall–Kier alpha value is -1.10. The highest BCUT2D eigenvalue weighted by Gasteiger charge is 2.05. The molecule has 2 aromatic rings. The standard InChI is InChI=1S/C10H7Cl3N4/c1-5-2-3-6(11)4-7(5)14-10-16-8(12)15-9(13)17-10/h2-4H,1H3,(H,14,15,16,17). The molecule has 0 unspecified atom stereocenters. The van der Waals surface area contributed by atoms with E-state index in [9.17, 15) is 0 Å². The van der Waals surface area contributed by atoms with E-state index in [1.807, 2.05) is 13.0 Å². The van der Waals surface area contributed by atoms with E-state index in [0.717, 1.165) is 11.3 Å². The number of rotatable bonds is 2. The van der Waals surface area contributed by atoms with Crippen molar-refractivity contribution in [3.05, 3.63) is 39.4 Å². The summed E-state index contributed by atoms with van der Waals surface area (Å²) >= 11 is 17.2. The molecule has 1 N–H and O–H groups in total. The van der Waals surface area contributed by atoms with Crippen molar-refractivity contribution in [3.8, 4) is 0 Å². The monoisotopic (exact) mass is 288 g/mol. The van der Waals surface area contributed by atoms with Crippen LogP contribution in [0.2, 0.25) is 15.6 Å². The van der Waals surface area contributed by atoms with Crippen molar-refractivity contribution < 1.29 is 0 Å². The molecular weight excluding hydrogens is 282 g/mol. The van der Waals surface area contributed by atoms with Crippen molar-refractivity contribution >= 4 is 46.4 Å². The lowest BCUT2D eigenvalue weighted by atomic mass is 10.2. The predicted molar refractivity (Wildman–Crippen MR) is 69.3 cm³/mol. The molecule has 0 radical (unpaired) electrons. The molecular formula is C10H7Cl3N4. The number of aryl methyl sites for hydroxylation is 1. The second-order valence-electron chi connectivity index (χ2n) is 3.28. The van der Waals surface area contributed by atoms with Gasteiger partial charge >= 0.3 is 0 Å². The summed E-state index contributed by atoms with van der Waals surface area (Å²) in [5.74, 6) is 0.278. The molecule has 17 heavy (non-hydrogen) atoms. The summed E-state index contributed by atoms with van der Waals surface area (Å²) < 4.78 is 0. The van der Waals surface area contributed by atoms with Gasteiger partial charge in [-0.05, 0) is 47.8 Å². The van der Waals surface area contributed by atoms with Crippen molar-refractivity contribution in [3.63, 3.8) is 0 Å². The minimum absolute atomic E-state index is 0.0344. The molecule has 0 aliphatic carbocycles. The van der Waals surface area contributed by atoms with Crippen LogP contribution in [0.4, 0.5) is 11.6 Å². The zero-order valence-corrected chi connectivity index (χ0v) is 11.0. The Labute approximate surface area is 113 Å². The molecule has 0 spiro atoms. The van der Waals surface area contributed by atoms with Crippen LogP contribution >= 0.6 is 34.8 Å². The lowest BCUT2D eigenvalue weighted by molar-refractivity contribution is 1.05. The number of benzene rings is 1. The zero-order valence-electron chi connectivity index (χ0n) is 8.71. The van der Waals surface area contributed by atoms with Crippen molar-refractivity contribution in [2.75, 3.05) is 5.32 Å². The largest absolute Gasteiger partial charge is 0.324 e. The van der Waals surface area contributed by atoms with Crippen molar-refractivity contribution in [2.45, 2.75) is 6.92 Å². The van der Waals surface area contributed by atoms with Crippen LogP contribution in [0.1, 0.15) is 5.56 Å². The average Bonchev–Trinajstić information content (AvgIpc) is 2.22. The van der Waals surface area contributed by atoms with Gasteiger partial charge in [0.2, 0.25) is 16.5 Å². The van der Waals surface area contributed by atoms with E-state index in [2.05, 4.69) is 20.3 Å². The van der Waals surface area contributed by atoms with Gasteiger partial charge in [0.15, 0.2) is 0 Å². The summed E-state index contributed by atoms with van der Waals surface area (Å²) in [6, 6.07) is 5.45. The quantitative estimate of drug-likeness (QED) is 0.911. The highest BCUT2D eigenvalue weighted by Crippen LogP contribution is 2.23. The zero-order chi connectivity index (χ0) is 12.4. The highest BCUT2D eigenvalue weighted by atomic mass is 35.5.